The number of carbonyl (C=O) groups is 2. The molecule has 0 radical (unpaired) electrons. The van der Waals surface area contributed by atoms with E-state index in [9.17, 15) is 9.59 Å². The molecule has 2 unspecified atom stereocenters. The average molecular weight is 406 g/mol. The van der Waals surface area contributed by atoms with E-state index in [4.69, 9.17) is 4.74 Å². The zero-order valence-corrected chi connectivity index (χ0v) is 18.4. The highest BCUT2D eigenvalue weighted by Gasteiger charge is 2.50. The summed E-state index contributed by atoms with van der Waals surface area (Å²) in [6, 6.07) is 15.9. The molecule has 2 aromatic carbocycles. The van der Waals surface area contributed by atoms with Crippen LogP contribution in [0.2, 0.25) is 0 Å². The van der Waals surface area contributed by atoms with E-state index in [1.165, 1.54) is 5.56 Å². The normalized spacial score (nSPS) is 24.5. The van der Waals surface area contributed by atoms with Crippen molar-refractivity contribution in [3.63, 3.8) is 0 Å². The van der Waals surface area contributed by atoms with Gasteiger partial charge in [-0.25, -0.2) is 4.79 Å². The Morgan fingerprint density at radius 3 is 2.20 bits per heavy atom. The highest BCUT2D eigenvalue weighted by Crippen LogP contribution is 2.52. The molecule has 1 amide bonds. The molecule has 2 atom stereocenters. The lowest BCUT2D eigenvalue weighted by molar-refractivity contribution is -0.135. The summed E-state index contributed by atoms with van der Waals surface area (Å²) in [6.07, 6.45) is 3.20. The lowest BCUT2D eigenvalue weighted by Gasteiger charge is -2.39. The van der Waals surface area contributed by atoms with Gasteiger partial charge in [-0.05, 0) is 60.3 Å². The molecule has 1 aliphatic carbocycles. The zero-order chi connectivity index (χ0) is 21.5. The number of rotatable bonds is 4. The molecule has 4 rings (SSSR count). The second-order valence-electron chi connectivity index (χ2n) is 10.3. The first-order valence-electron chi connectivity index (χ1n) is 10.8. The molecule has 4 nitrogen and oxygen atoms in total. The molecule has 0 N–H and O–H groups in total. The highest BCUT2D eigenvalue weighted by atomic mass is 16.5. The minimum Gasteiger partial charge on any atom is -0.452 e. The molecular weight excluding hydrogens is 374 g/mol. The maximum absolute atomic E-state index is 12.8. The van der Waals surface area contributed by atoms with Crippen LogP contribution >= 0.6 is 0 Å². The van der Waals surface area contributed by atoms with E-state index < -0.39 is 5.97 Å². The van der Waals surface area contributed by atoms with E-state index in [0.717, 1.165) is 36.9 Å². The van der Waals surface area contributed by atoms with Crippen molar-refractivity contribution in [2.45, 2.75) is 53.0 Å². The molecule has 1 saturated carbocycles. The van der Waals surface area contributed by atoms with E-state index in [0.29, 0.717) is 5.56 Å². The number of hydrogen-bond acceptors (Lipinski definition) is 3. The number of carbonyl (C=O) groups excluding carboxylic acids is 2. The quantitative estimate of drug-likeness (QED) is 0.653. The topological polar surface area (TPSA) is 46.6 Å². The maximum Gasteiger partial charge on any atom is 0.338 e. The number of fused-ring (bicyclic) bond motifs is 2. The Morgan fingerprint density at radius 2 is 1.57 bits per heavy atom. The molecule has 1 saturated heterocycles. The van der Waals surface area contributed by atoms with Crippen molar-refractivity contribution in [3.8, 4) is 11.1 Å². The fourth-order valence-corrected chi connectivity index (χ4v) is 5.59. The fourth-order valence-electron chi connectivity index (χ4n) is 5.59. The van der Waals surface area contributed by atoms with Gasteiger partial charge < -0.3 is 9.64 Å². The molecule has 1 heterocycles. The highest BCUT2D eigenvalue weighted by molar-refractivity contribution is 5.92. The van der Waals surface area contributed by atoms with Crippen molar-refractivity contribution >= 4 is 11.9 Å². The van der Waals surface area contributed by atoms with Gasteiger partial charge in [0.05, 0.1) is 5.56 Å². The van der Waals surface area contributed by atoms with Gasteiger partial charge in [0.2, 0.25) is 0 Å². The summed E-state index contributed by atoms with van der Waals surface area (Å²) in [5, 5.41) is 0. The summed E-state index contributed by atoms with van der Waals surface area (Å²) in [5.41, 5.74) is 4.26. The average Bonchev–Trinajstić information content (AvgIpc) is 2.95. The van der Waals surface area contributed by atoms with Crippen LogP contribution in [0.4, 0.5) is 0 Å². The summed E-state index contributed by atoms with van der Waals surface area (Å²) in [5.74, 6) is -0.529. The van der Waals surface area contributed by atoms with E-state index in [1.54, 1.807) is 12.1 Å². The van der Waals surface area contributed by atoms with Gasteiger partial charge in [0, 0.05) is 12.6 Å². The molecule has 158 valence electrons. The van der Waals surface area contributed by atoms with Gasteiger partial charge in [0.1, 0.15) is 0 Å². The van der Waals surface area contributed by atoms with Gasteiger partial charge in [0.25, 0.3) is 5.91 Å². The number of ether oxygens (including phenoxy) is 1. The van der Waals surface area contributed by atoms with Gasteiger partial charge in [-0.3, -0.25) is 4.79 Å². The van der Waals surface area contributed by atoms with E-state index in [1.807, 2.05) is 17.0 Å². The van der Waals surface area contributed by atoms with Crippen molar-refractivity contribution in [1.29, 1.82) is 0 Å². The second kappa shape index (κ2) is 7.57. The molecule has 0 aromatic heterocycles. The van der Waals surface area contributed by atoms with Crippen LogP contribution in [0.15, 0.2) is 48.5 Å². The third kappa shape index (κ3) is 4.28. The number of amides is 1. The smallest absolute Gasteiger partial charge is 0.338 e. The standard InChI is InChI=1S/C26H31NO3/c1-18-5-7-19(8-6-18)20-9-11-21(12-10-20)24(29)30-15-23(28)27-17-26(4)14-22(27)13-25(2,3)16-26/h5-12,22H,13-17H2,1-4H3. The first kappa shape index (κ1) is 20.6. The van der Waals surface area contributed by atoms with Crippen molar-refractivity contribution in [2.75, 3.05) is 13.2 Å². The second-order valence-corrected chi connectivity index (χ2v) is 10.3. The van der Waals surface area contributed by atoms with Gasteiger partial charge in [0.15, 0.2) is 6.61 Å². The van der Waals surface area contributed by atoms with Crippen LogP contribution in [-0.4, -0.2) is 36.0 Å². The number of likely N-dealkylation sites (tertiary alicyclic amines) is 1. The lowest BCUT2D eigenvalue weighted by atomic mass is 9.65. The number of aryl methyl sites for hydroxylation is 1. The van der Waals surface area contributed by atoms with Gasteiger partial charge >= 0.3 is 5.97 Å². The predicted octanol–water partition coefficient (Wildman–Crippen LogP) is 5.25. The van der Waals surface area contributed by atoms with Crippen molar-refractivity contribution in [1.82, 2.24) is 4.90 Å². The Kier molecular flexibility index (Phi) is 5.21. The van der Waals surface area contributed by atoms with Gasteiger partial charge in [-0.15, -0.1) is 0 Å². The third-order valence-electron chi connectivity index (χ3n) is 6.57. The van der Waals surface area contributed by atoms with Crippen LogP contribution in [0.1, 0.15) is 56.0 Å². The molecule has 4 heteroatoms. The summed E-state index contributed by atoms with van der Waals surface area (Å²) in [4.78, 5) is 27.2. The molecular formula is C26H31NO3. The van der Waals surface area contributed by atoms with Gasteiger partial charge in [-0.2, -0.15) is 0 Å². The Bertz CT molecular complexity index is 945. The molecule has 30 heavy (non-hydrogen) atoms. The van der Waals surface area contributed by atoms with Crippen LogP contribution in [0.25, 0.3) is 11.1 Å². The predicted molar refractivity (Wildman–Crippen MR) is 118 cm³/mol. The monoisotopic (exact) mass is 405 g/mol. The van der Waals surface area contributed by atoms with Crippen molar-refractivity contribution in [3.05, 3.63) is 59.7 Å². The molecule has 2 aliphatic rings. The lowest BCUT2D eigenvalue weighted by Crippen LogP contribution is -2.39. The molecule has 0 spiro atoms. The Labute approximate surface area is 179 Å². The summed E-state index contributed by atoms with van der Waals surface area (Å²) >= 11 is 0. The summed E-state index contributed by atoms with van der Waals surface area (Å²) in [7, 11) is 0. The van der Waals surface area contributed by atoms with Crippen molar-refractivity contribution in [2.24, 2.45) is 10.8 Å². The van der Waals surface area contributed by atoms with Crippen LogP contribution < -0.4 is 0 Å². The SMILES string of the molecule is Cc1ccc(-c2ccc(C(=O)OCC(=O)N3CC4(C)CC3CC(C)(C)C4)cc2)cc1. The molecule has 2 bridgehead atoms. The zero-order valence-electron chi connectivity index (χ0n) is 18.4. The minimum atomic E-state index is -0.451. The molecule has 1 aliphatic heterocycles. The minimum absolute atomic E-state index is 0.0777. The number of nitrogens with zero attached hydrogens (tertiary/aromatic N) is 1. The van der Waals surface area contributed by atoms with Crippen LogP contribution in [-0.2, 0) is 9.53 Å². The fraction of sp³-hybridized carbons (Fsp3) is 0.462. The van der Waals surface area contributed by atoms with Gasteiger partial charge in [-0.1, -0.05) is 62.7 Å². The summed E-state index contributed by atoms with van der Waals surface area (Å²) in [6.45, 7) is 9.47. The maximum atomic E-state index is 12.8. The molecule has 2 aromatic rings. The number of benzene rings is 2. The first-order valence-corrected chi connectivity index (χ1v) is 10.8. The van der Waals surface area contributed by atoms with E-state index in [-0.39, 0.29) is 29.4 Å². The van der Waals surface area contributed by atoms with Crippen LogP contribution in [0.5, 0.6) is 0 Å². The Balaban J connectivity index is 1.36. The van der Waals surface area contributed by atoms with Crippen LogP contribution in [0.3, 0.4) is 0 Å². The Hall–Kier alpha value is -2.62. The van der Waals surface area contributed by atoms with E-state index >= 15 is 0 Å². The number of hydrogen-bond donors (Lipinski definition) is 0. The molecule has 2 fully saturated rings. The van der Waals surface area contributed by atoms with E-state index in [2.05, 4.69) is 52.0 Å². The first-order chi connectivity index (χ1) is 14.1. The third-order valence-corrected chi connectivity index (χ3v) is 6.57. The van der Waals surface area contributed by atoms with Crippen LogP contribution in [0, 0.1) is 17.8 Å². The largest absolute Gasteiger partial charge is 0.452 e. The van der Waals surface area contributed by atoms with Crippen molar-refractivity contribution < 1.29 is 14.3 Å². The number of esters is 1. The Morgan fingerprint density at radius 1 is 0.967 bits per heavy atom. The summed E-state index contributed by atoms with van der Waals surface area (Å²) < 4.78 is 5.37.